The minimum Gasteiger partial charge on any atom is -0.502 e. The fourth-order valence-corrected chi connectivity index (χ4v) is 6.63. The molecule has 0 bridgehead atoms. The van der Waals surface area contributed by atoms with Gasteiger partial charge >= 0.3 is 23.9 Å². The Bertz CT molecular complexity index is 2120. The molecule has 1 aromatic heterocycles. The molecule has 0 radical (unpaired) electrons. The number of rotatable bonds is 20. The zero-order chi connectivity index (χ0) is 44.8. The molecule has 2 aromatic carbocycles. The van der Waals surface area contributed by atoms with Crippen molar-refractivity contribution in [1.82, 2.24) is 4.57 Å². The fraction of sp³-hybridized carbons (Fsp3) is 0.488. The summed E-state index contributed by atoms with van der Waals surface area (Å²) in [5.74, 6) is -3.97. The van der Waals surface area contributed by atoms with Crippen molar-refractivity contribution in [3.05, 3.63) is 52.3 Å². The molecule has 18 nitrogen and oxygen atoms in total. The van der Waals surface area contributed by atoms with Crippen molar-refractivity contribution in [2.75, 3.05) is 32.8 Å². The lowest BCUT2D eigenvalue weighted by Crippen LogP contribution is -2.63. The third-order valence-electron chi connectivity index (χ3n) is 9.43. The zero-order valence-corrected chi connectivity index (χ0v) is 35.6. The molecule has 5 atom stereocenters. The molecule has 0 saturated carbocycles. The summed E-state index contributed by atoms with van der Waals surface area (Å²) in [4.78, 5) is 76.5. The Morgan fingerprint density at radius 3 is 2.02 bits per heavy atom. The predicted molar refractivity (Wildman–Crippen MR) is 220 cm³/mol. The van der Waals surface area contributed by atoms with Crippen molar-refractivity contribution in [2.45, 2.75) is 104 Å². The molecule has 18 heteroatoms. The molecule has 1 aliphatic rings. The number of aromatic nitrogens is 1. The summed E-state index contributed by atoms with van der Waals surface area (Å²) >= 11 is 0. The molecular formula is C43H54N2O16. The van der Waals surface area contributed by atoms with E-state index in [1.54, 1.807) is 12.1 Å². The van der Waals surface area contributed by atoms with Gasteiger partial charge in [-0.3, -0.25) is 28.8 Å². The molecule has 1 fully saturated rings. The molecular weight excluding hydrogens is 800 g/mol. The molecule has 0 unspecified atom stereocenters. The number of ether oxygens (including phenoxy) is 9. The SMILES string of the molecule is CCCCCCCCOc1c(O[C@@H]2O[C@H](COC(C)=O)[C@@H](OC(C)=O)[C@H](OC(C)=O)[C@H]2OC(C)=O)c2ccc(NC(=O)C=Cc3cc(OC)c(O)c(OC)c3)cc2n(C)c1=O. The van der Waals surface area contributed by atoms with Crippen molar-refractivity contribution in [3.63, 3.8) is 0 Å². The maximum atomic E-state index is 14.2. The molecule has 1 saturated heterocycles. The van der Waals surface area contributed by atoms with Gasteiger partial charge in [-0.25, -0.2) is 0 Å². The lowest BCUT2D eigenvalue weighted by Gasteiger charge is -2.44. The van der Waals surface area contributed by atoms with Crippen LogP contribution in [0.1, 0.15) is 78.7 Å². The Morgan fingerprint density at radius 2 is 1.41 bits per heavy atom. The number of aromatic hydroxyl groups is 1. The number of anilines is 1. The number of fused-ring (bicyclic) bond motifs is 1. The average molecular weight is 855 g/mol. The molecule has 1 amide bonds. The average Bonchev–Trinajstić information content (AvgIpc) is 3.20. The number of phenols is 1. The summed E-state index contributed by atoms with van der Waals surface area (Å²) in [5.41, 5.74) is 0.433. The van der Waals surface area contributed by atoms with E-state index in [1.165, 1.54) is 56.2 Å². The van der Waals surface area contributed by atoms with Gasteiger partial charge in [0.25, 0.3) is 5.56 Å². The van der Waals surface area contributed by atoms with Crippen LogP contribution in [0, 0.1) is 0 Å². The largest absolute Gasteiger partial charge is 0.502 e. The van der Waals surface area contributed by atoms with E-state index in [1.807, 2.05) is 0 Å². The number of unbranched alkanes of at least 4 members (excludes halogenated alkanes) is 5. The Kier molecular flexibility index (Phi) is 17.4. The number of carbonyl (C=O) groups excluding carboxylic acids is 5. The third kappa shape index (κ3) is 12.8. The molecule has 0 aliphatic carbocycles. The Hall–Kier alpha value is -6.30. The van der Waals surface area contributed by atoms with Gasteiger partial charge in [0.2, 0.25) is 29.8 Å². The number of nitrogens with zero attached hydrogens (tertiary/aromatic N) is 1. The number of aryl methyl sites for hydroxylation is 1. The number of esters is 4. The number of phenolic OH excluding ortho intramolecular Hbond substituents is 1. The van der Waals surface area contributed by atoms with E-state index >= 15 is 0 Å². The molecule has 4 rings (SSSR count). The zero-order valence-electron chi connectivity index (χ0n) is 35.6. The second-order valence-electron chi connectivity index (χ2n) is 14.2. The van der Waals surface area contributed by atoms with Gasteiger partial charge in [-0.1, -0.05) is 39.0 Å². The first-order chi connectivity index (χ1) is 29.1. The minimum absolute atomic E-state index is 0.140. The number of carbonyl (C=O) groups is 5. The van der Waals surface area contributed by atoms with Gasteiger partial charge in [0, 0.05) is 51.9 Å². The summed E-state index contributed by atoms with van der Waals surface area (Å²) in [6.45, 7) is 6.21. The molecule has 3 aromatic rings. The van der Waals surface area contributed by atoms with Crippen molar-refractivity contribution in [1.29, 1.82) is 0 Å². The van der Waals surface area contributed by atoms with Gasteiger partial charge in [0.15, 0.2) is 29.5 Å². The highest BCUT2D eigenvalue weighted by atomic mass is 16.7. The second-order valence-corrected chi connectivity index (χ2v) is 14.2. The third-order valence-corrected chi connectivity index (χ3v) is 9.43. The molecule has 2 heterocycles. The number of hydrogen-bond donors (Lipinski definition) is 2. The highest BCUT2D eigenvalue weighted by Crippen LogP contribution is 2.39. The van der Waals surface area contributed by atoms with Crippen LogP contribution in [0.25, 0.3) is 17.0 Å². The van der Waals surface area contributed by atoms with Crippen LogP contribution in [-0.2, 0) is 54.7 Å². The Labute approximate surface area is 352 Å². The number of amides is 1. The summed E-state index contributed by atoms with van der Waals surface area (Å²) < 4.78 is 52.4. The second kappa shape index (κ2) is 22.3. The van der Waals surface area contributed by atoms with Gasteiger partial charge in [0.1, 0.15) is 12.7 Å². The lowest BCUT2D eigenvalue weighted by atomic mass is 9.98. The van der Waals surface area contributed by atoms with Gasteiger partial charge in [-0.2, -0.15) is 0 Å². The number of pyridine rings is 1. The smallest absolute Gasteiger partial charge is 0.303 e. The van der Waals surface area contributed by atoms with E-state index in [-0.39, 0.29) is 46.6 Å². The molecule has 1 aliphatic heterocycles. The monoisotopic (exact) mass is 854 g/mol. The standard InChI is InChI=1S/C43H54N2O16/c1-9-10-11-12-13-14-19-55-40-37(61-43-41(59-27(5)49)39(58-26(4)48)38(57-25(3)47)34(60-43)23-56-24(2)46)30-17-16-29(22-31(30)45(6)42(40)52)44-35(50)18-15-28-20-32(53-7)36(51)33(21-28)54-8/h15-18,20-22,34,38-39,41,43,51H,9-14,19,23H2,1-8H3,(H,44,50)/t34-,38-,39+,41-,43+/m1/s1. The van der Waals surface area contributed by atoms with Crippen molar-refractivity contribution in [2.24, 2.45) is 7.05 Å². The number of benzene rings is 2. The van der Waals surface area contributed by atoms with Crippen molar-refractivity contribution < 1.29 is 71.7 Å². The van der Waals surface area contributed by atoms with E-state index in [0.29, 0.717) is 17.4 Å². The van der Waals surface area contributed by atoms with Gasteiger partial charge in [-0.15, -0.1) is 0 Å². The summed E-state index contributed by atoms with van der Waals surface area (Å²) in [5, 5.41) is 13.3. The van der Waals surface area contributed by atoms with Gasteiger partial charge in [-0.05, 0) is 48.4 Å². The van der Waals surface area contributed by atoms with Crippen LogP contribution in [0.5, 0.6) is 28.7 Å². The Morgan fingerprint density at radius 1 is 0.803 bits per heavy atom. The number of methoxy groups -OCH3 is 2. The van der Waals surface area contributed by atoms with E-state index in [4.69, 9.17) is 42.6 Å². The van der Waals surface area contributed by atoms with Crippen LogP contribution in [0.4, 0.5) is 5.69 Å². The maximum Gasteiger partial charge on any atom is 0.303 e. The minimum atomic E-state index is -1.67. The van der Waals surface area contributed by atoms with Crippen LogP contribution < -0.4 is 29.8 Å². The molecule has 332 valence electrons. The van der Waals surface area contributed by atoms with E-state index in [9.17, 15) is 33.9 Å². The van der Waals surface area contributed by atoms with Crippen LogP contribution in [0.15, 0.2) is 41.2 Å². The summed E-state index contributed by atoms with van der Waals surface area (Å²) in [6.07, 6.45) is 0.855. The quantitative estimate of drug-likeness (QED) is 0.0652. The fourth-order valence-electron chi connectivity index (χ4n) is 6.63. The predicted octanol–water partition coefficient (Wildman–Crippen LogP) is 5.11. The van der Waals surface area contributed by atoms with E-state index in [0.717, 1.165) is 59.8 Å². The number of hydrogen-bond acceptors (Lipinski definition) is 16. The van der Waals surface area contributed by atoms with Crippen molar-refractivity contribution in [3.8, 4) is 28.7 Å². The maximum absolute atomic E-state index is 14.2. The van der Waals surface area contributed by atoms with Crippen LogP contribution >= 0.6 is 0 Å². The normalized spacial score (nSPS) is 18.5. The first-order valence-electron chi connectivity index (χ1n) is 19.8. The number of nitrogens with one attached hydrogen (secondary N) is 1. The Balaban J connectivity index is 1.79. The van der Waals surface area contributed by atoms with Crippen LogP contribution in [0.3, 0.4) is 0 Å². The van der Waals surface area contributed by atoms with Gasteiger partial charge < -0.3 is 57.6 Å². The van der Waals surface area contributed by atoms with Gasteiger partial charge in [0.05, 0.1) is 26.3 Å². The van der Waals surface area contributed by atoms with Crippen LogP contribution in [0.2, 0.25) is 0 Å². The molecule has 2 N–H and O–H groups in total. The summed E-state index contributed by atoms with van der Waals surface area (Å²) in [6, 6.07) is 7.70. The molecule has 61 heavy (non-hydrogen) atoms. The lowest BCUT2D eigenvalue weighted by molar-refractivity contribution is -0.288. The first-order valence-corrected chi connectivity index (χ1v) is 19.8. The molecule has 0 spiro atoms. The first kappa shape index (κ1) is 47.4. The summed E-state index contributed by atoms with van der Waals surface area (Å²) in [7, 11) is 4.27. The topological polar surface area (TPSA) is 223 Å². The highest BCUT2D eigenvalue weighted by molar-refractivity contribution is 6.03. The van der Waals surface area contributed by atoms with Crippen molar-refractivity contribution >= 4 is 52.5 Å². The highest BCUT2D eigenvalue weighted by Gasteiger charge is 2.53. The van der Waals surface area contributed by atoms with Crippen LogP contribution in [-0.4, -0.2) is 97.6 Å². The van der Waals surface area contributed by atoms with E-state index < -0.39 is 72.7 Å². The van der Waals surface area contributed by atoms with E-state index in [2.05, 4.69) is 12.2 Å².